The van der Waals surface area contributed by atoms with Gasteiger partial charge >= 0.3 is 0 Å². The monoisotopic (exact) mass is 124 g/mol. The van der Waals surface area contributed by atoms with Gasteiger partial charge in [0, 0.05) is 12.1 Å². The van der Waals surface area contributed by atoms with Crippen molar-refractivity contribution in [1.82, 2.24) is 0 Å². The molecule has 0 radical (unpaired) electrons. The van der Waals surface area contributed by atoms with E-state index in [1.54, 1.807) is 0 Å². The Morgan fingerprint density at radius 2 is 2.50 bits per heavy atom. The fourth-order valence-electron chi connectivity index (χ4n) is 0.199. The molecule has 38 valence electrons. The van der Waals surface area contributed by atoms with Gasteiger partial charge in [-0.3, -0.25) is 0 Å². The Morgan fingerprint density at radius 1 is 1.83 bits per heavy atom. The summed E-state index contributed by atoms with van der Waals surface area (Å²) in [4.78, 5) is 0. The summed E-state index contributed by atoms with van der Waals surface area (Å²) in [5, 5.41) is 0. The second kappa shape index (κ2) is 5.47. The highest BCUT2D eigenvalue weighted by Gasteiger charge is 1.76. The van der Waals surface area contributed by atoms with Gasteiger partial charge in [-0.15, -0.1) is 11.6 Å². The van der Waals surface area contributed by atoms with Crippen LogP contribution in [0.15, 0.2) is 0 Å². The highest BCUT2D eigenvalue weighted by atomic mass is 35.5. The van der Waals surface area contributed by atoms with Crippen LogP contribution < -0.4 is 0 Å². The largest absolute Gasteiger partial charge is 0.423 e. The van der Waals surface area contributed by atoms with E-state index in [4.69, 9.17) is 16.0 Å². The maximum atomic E-state index is 5.32. The highest BCUT2D eigenvalue weighted by Crippen LogP contribution is 1.71. The molecule has 0 aliphatic rings. The van der Waals surface area contributed by atoms with E-state index < -0.39 is 0 Å². The van der Waals surface area contributed by atoms with E-state index in [-0.39, 0.29) is 9.76 Å². The lowest BCUT2D eigenvalue weighted by molar-refractivity contribution is 0.363. The summed E-state index contributed by atoms with van der Waals surface area (Å²) in [5.74, 6) is 0. The SMILES string of the molecule is CCO[SiH2]CCl. The molecular formula is C3H9ClOSi. The van der Waals surface area contributed by atoms with Crippen LogP contribution in [0.2, 0.25) is 0 Å². The Kier molecular flexibility index (Phi) is 5.89. The van der Waals surface area contributed by atoms with Crippen LogP contribution in [0, 0.1) is 0 Å². The van der Waals surface area contributed by atoms with Gasteiger partial charge in [0.1, 0.15) is 0 Å². The first-order valence-corrected chi connectivity index (χ1v) is 4.16. The molecule has 0 aromatic rings. The first kappa shape index (κ1) is 6.47. The maximum absolute atomic E-state index is 5.32. The summed E-state index contributed by atoms with van der Waals surface area (Å²) in [6, 6.07) is 0. The van der Waals surface area contributed by atoms with E-state index >= 15 is 0 Å². The Bertz CT molecular complexity index is 22.8. The van der Waals surface area contributed by atoms with Crippen LogP contribution in [0.25, 0.3) is 0 Å². The van der Waals surface area contributed by atoms with Gasteiger partial charge in [-0.2, -0.15) is 0 Å². The molecule has 1 nitrogen and oxygen atoms in total. The topological polar surface area (TPSA) is 9.23 Å². The van der Waals surface area contributed by atoms with E-state index in [0.717, 1.165) is 12.1 Å². The molecule has 0 saturated heterocycles. The van der Waals surface area contributed by atoms with Crippen molar-refractivity contribution in [1.29, 1.82) is 0 Å². The molecule has 0 bridgehead atoms. The fourth-order valence-corrected chi connectivity index (χ4v) is 0.924. The first-order chi connectivity index (χ1) is 2.91. The van der Waals surface area contributed by atoms with Crippen molar-refractivity contribution in [2.24, 2.45) is 0 Å². The van der Waals surface area contributed by atoms with Crippen LogP contribution in [-0.2, 0) is 4.43 Å². The third-order valence-electron chi connectivity index (χ3n) is 0.426. The second-order valence-electron chi connectivity index (χ2n) is 0.886. The summed E-state index contributed by atoms with van der Waals surface area (Å²) in [6.45, 7) is 2.82. The fraction of sp³-hybridized carbons (Fsp3) is 1.00. The summed E-state index contributed by atoms with van der Waals surface area (Å²) in [6.07, 6.45) is 0. The Labute approximate surface area is 45.6 Å². The van der Waals surface area contributed by atoms with Crippen LogP contribution in [0.4, 0.5) is 0 Å². The van der Waals surface area contributed by atoms with Crippen molar-refractivity contribution in [3.05, 3.63) is 0 Å². The van der Waals surface area contributed by atoms with E-state index in [1.807, 2.05) is 6.92 Å². The zero-order chi connectivity index (χ0) is 4.83. The molecule has 0 heterocycles. The predicted molar refractivity (Wildman–Crippen MR) is 30.9 cm³/mol. The summed E-state index contributed by atoms with van der Waals surface area (Å²) in [7, 11) is -0.313. The Hall–Kier alpha value is 0.467. The van der Waals surface area contributed by atoms with Gasteiger partial charge in [0.25, 0.3) is 0 Å². The highest BCUT2D eigenvalue weighted by molar-refractivity contribution is 6.45. The van der Waals surface area contributed by atoms with E-state index in [1.165, 1.54) is 0 Å². The van der Waals surface area contributed by atoms with Crippen LogP contribution in [-0.4, -0.2) is 21.9 Å². The standard InChI is InChI=1S/C3H9ClOSi/c1-2-5-6-3-4/h2-3,6H2,1H3. The average Bonchev–Trinajstić information content (AvgIpc) is 1.61. The molecule has 0 aliphatic carbocycles. The molecule has 0 N–H and O–H groups in total. The zero-order valence-electron chi connectivity index (χ0n) is 3.91. The van der Waals surface area contributed by atoms with Gasteiger partial charge in [-0.05, 0) is 6.92 Å². The van der Waals surface area contributed by atoms with Gasteiger partial charge in [0.05, 0.1) is 0 Å². The minimum atomic E-state index is -0.313. The molecule has 0 aromatic carbocycles. The van der Waals surface area contributed by atoms with Crippen molar-refractivity contribution in [3.63, 3.8) is 0 Å². The van der Waals surface area contributed by atoms with Gasteiger partial charge in [0.15, 0.2) is 9.76 Å². The summed E-state index contributed by atoms with van der Waals surface area (Å²) in [5.41, 5.74) is 0.744. The molecule has 6 heavy (non-hydrogen) atoms. The second-order valence-corrected chi connectivity index (χ2v) is 3.21. The number of halogens is 1. The Morgan fingerprint density at radius 3 is 2.67 bits per heavy atom. The molecule has 0 saturated carbocycles. The maximum Gasteiger partial charge on any atom is 0.176 e. The van der Waals surface area contributed by atoms with Crippen molar-refractivity contribution in [2.45, 2.75) is 6.92 Å². The van der Waals surface area contributed by atoms with E-state index in [2.05, 4.69) is 0 Å². The molecule has 0 aliphatic heterocycles. The normalized spacial score (nSPS) is 11.0. The smallest absolute Gasteiger partial charge is 0.176 e. The van der Waals surface area contributed by atoms with Gasteiger partial charge < -0.3 is 4.43 Å². The molecule has 0 unspecified atom stereocenters. The molecular weight excluding hydrogens is 116 g/mol. The molecule has 3 heteroatoms. The van der Waals surface area contributed by atoms with Crippen molar-refractivity contribution >= 4 is 21.4 Å². The van der Waals surface area contributed by atoms with Gasteiger partial charge in [-0.25, -0.2) is 0 Å². The molecule has 0 aromatic heterocycles. The molecule has 0 atom stereocenters. The first-order valence-electron chi connectivity index (χ1n) is 2.05. The minimum Gasteiger partial charge on any atom is -0.423 e. The van der Waals surface area contributed by atoms with Crippen LogP contribution >= 0.6 is 11.6 Å². The number of hydrogen-bond donors (Lipinski definition) is 0. The third kappa shape index (κ3) is 4.47. The zero-order valence-corrected chi connectivity index (χ0v) is 6.08. The van der Waals surface area contributed by atoms with Crippen LogP contribution in [0.5, 0.6) is 0 Å². The summed E-state index contributed by atoms with van der Waals surface area (Å²) < 4.78 is 4.99. The number of hydrogen-bond acceptors (Lipinski definition) is 1. The minimum absolute atomic E-state index is 0.313. The molecule has 0 spiro atoms. The van der Waals surface area contributed by atoms with Crippen molar-refractivity contribution in [3.8, 4) is 0 Å². The quantitative estimate of drug-likeness (QED) is 0.299. The molecule has 0 amide bonds. The molecule has 0 fully saturated rings. The van der Waals surface area contributed by atoms with Crippen molar-refractivity contribution in [2.75, 3.05) is 12.1 Å². The van der Waals surface area contributed by atoms with Gasteiger partial charge in [0.2, 0.25) is 0 Å². The third-order valence-corrected chi connectivity index (χ3v) is 1.74. The van der Waals surface area contributed by atoms with E-state index in [9.17, 15) is 0 Å². The number of rotatable bonds is 3. The summed E-state index contributed by atoms with van der Waals surface area (Å²) >= 11 is 5.32. The Balaban J connectivity index is 2.34. The van der Waals surface area contributed by atoms with Crippen molar-refractivity contribution < 1.29 is 4.43 Å². The lowest BCUT2D eigenvalue weighted by Crippen LogP contribution is -1.97. The lowest BCUT2D eigenvalue weighted by Gasteiger charge is -1.89. The van der Waals surface area contributed by atoms with Crippen LogP contribution in [0.3, 0.4) is 0 Å². The van der Waals surface area contributed by atoms with Gasteiger partial charge in [-0.1, -0.05) is 0 Å². The average molecular weight is 125 g/mol. The van der Waals surface area contributed by atoms with Crippen LogP contribution in [0.1, 0.15) is 6.92 Å². The number of alkyl halides is 1. The van der Waals surface area contributed by atoms with E-state index in [0.29, 0.717) is 0 Å². The predicted octanol–water partition coefficient (Wildman–Crippen LogP) is 0.303. The molecule has 0 rings (SSSR count). The lowest BCUT2D eigenvalue weighted by atomic mass is 10.9.